The second-order valence-corrected chi connectivity index (χ2v) is 6.64. The molecule has 2 N–H and O–H groups in total. The van der Waals surface area contributed by atoms with Gasteiger partial charge in [0.25, 0.3) is 5.91 Å². The Balaban J connectivity index is 1.60. The molecule has 0 spiro atoms. The van der Waals surface area contributed by atoms with Gasteiger partial charge < -0.3 is 10.6 Å². The van der Waals surface area contributed by atoms with Gasteiger partial charge in [-0.1, -0.05) is 48.0 Å². The van der Waals surface area contributed by atoms with Gasteiger partial charge in [0.05, 0.1) is 11.3 Å². The summed E-state index contributed by atoms with van der Waals surface area (Å²) in [6, 6.07) is 18.1. The molecule has 2 aromatic carbocycles. The fraction of sp³-hybridized carbons (Fsp3) is 0.136. The van der Waals surface area contributed by atoms with Gasteiger partial charge in [0.15, 0.2) is 0 Å². The van der Waals surface area contributed by atoms with E-state index >= 15 is 0 Å². The molecule has 6 heteroatoms. The number of carbonyl (C=O) groups excluding carboxylic acids is 2. The number of nitrogens with one attached hydrogen (secondary N) is 2. The summed E-state index contributed by atoms with van der Waals surface area (Å²) in [4.78, 5) is 28.9. The van der Waals surface area contributed by atoms with Gasteiger partial charge in [-0.2, -0.15) is 0 Å². The summed E-state index contributed by atoms with van der Waals surface area (Å²) in [5.74, 6) is -0.432. The van der Waals surface area contributed by atoms with Crippen molar-refractivity contribution >= 4 is 29.1 Å². The summed E-state index contributed by atoms with van der Waals surface area (Å²) < 4.78 is 0. The number of aryl methyl sites for hydroxylation is 1. The first kappa shape index (κ1) is 19.6. The molecule has 28 heavy (non-hydrogen) atoms. The second kappa shape index (κ2) is 9.67. The monoisotopic (exact) mass is 393 g/mol. The third kappa shape index (κ3) is 5.41. The van der Waals surface area contributed by atoms with Gasteiger partial charge in [0.1, 0.15) is 0 Å². The third-order valence-electron chi connectivity index (χ3n) is 4.20. The molecule has 5 nitrogen and oxygen atoms in total. The molecular formula is C22H20ClN3O2. The molecule has 0 aliphatic carbocycles. The van der Waals surface area contributed by atoms with Gasteiger partial charge in [0, 0.05) is 30.4 Å². The topological polar surface area (TPSA) is 71.1 Å². The summed E-state index contributed by atoms with van der Waals surface area (Å²) in [6.45, 7) is 0.363. The molecule has 0 unspecified atom stereocenters. The molecule has 0 fully saturated rings. The van der Waals surface area contributed by atoms with Crippen molar-refractivity contribution in [2.24, 2.45) is 0 Å². The molecule has 0 radical (unpaired) electrons. The Bertz CT molecular complexity index is 961. The number of amides is 2. The molecule has 0 atom stereocenters. The van der Waals surface area contributed by atoms with Crippen LogP contribution in [0.25, 0.3) is 0 Å². The van der Waals surface area contributed by atoms with Crippen LogP contribution in [0.5, 0.6) is 0 Å². The molecule has 0 bridgehead atoms. The Labute approximate surface area is 168 Å². The fourth-order valence-corrected chi connectivity index (χ4v) is 2.96. The number of para-hydroxylation sites is 1. The average Bonchev–Trinajstić information content (AvgIpc) is 2.72. The molecule has 0 saturated carbocycles. The van der Waals surface area contributed by atoms with Crippen LogP contribution >= 0.6 is 11.6 Å². The summed E-state index contributed by atoms with van der Waals surface area (Å²) in [6.07, 6.45) is 4.18. The molecule has 1 aromatic heterocycles. The Morgan fingerprint density at radius 2 is 1.75 bits per heavy atom. The number of anilines is 1. The van der Waals surface area contributed by atoms with E-state index in [4.69, 9.17) is 11.6 Å². The van der Waals surface area contributed by atoms with Crippen LogP contribution in [0.2, 0.25) is 5.02 Å². The molecular weight excluding hydrogens is 374 g/mol. The van der Waals surface area contributed by atoms with Crippen molar-refractivity contribution in [1.82, 2.24) is 10.3 Å². The maximum Gasteiger partial charge on any atom is 0.253 e. The zero-order chi connectivity index (χ0) is 19.8. The third-order valence-corrected chi connectivity index (χ3v) is 4.57. The zero-order valence-corrected chi connectivity index (χ0v) is 15.9. The van der Waals surface area contributed by atoms with E-state index in [1.165, 1.54) is 0 Å². The first-order valence-corrected chi connectivity index (χ1v) is 9.30. The Morgan fingerprint density at radius 1 is 0.964 bits per heavy atom. The minimum Gasteiger partial charge on any atom is -0.348 e. The van der Waals surface area contributed by atoms with E-state index in [0.29, 0.717) is 29.2 Å². The van der Waals surface area contributed by atoms with E-state index in [2.05, 4.69) is 15.6 Å². The quantitative estimate of drug-likeness (QED) is 0.630. The van der Waals surface area contributed by atoms with Crippen LogP contribution in [0.1, 0.15) is 27.9 Å². The van der Waals surface area contributed by atoms with Crippen molar-refractivity contribution in [3.63, 3.8) is 0 Å². The highest BCUT2D eigenvalue weighted by molar-refractivity contribution is 6.31. The number of halogens is 1. The van der Waals surface area contributed by atoms with Crippen LogP contribution in [0.15, 0.2) is 73.1 Å². The first-order chi connectivity index (χ1) is 13.6. The summed E-state index contributed by atoms with van der Waals surface area (Å²) in [7, 11) is 0. The maximum absolute atomic E-state index is 12.5. The standard InChI is InChI=1S/C22H20ClN3O2/c23-19-9-3-1-7-17(19)11-12-21(27)26-20-10-4-2-8-18(20)22(28)25-15-16-6-5-13-24-14-16/h1-10,13-14H,11-12,15H2,(H,25,28)(H,26,27). The lowest BCUT2D eigenvalue weighted by Gasteiger charge is -2.12. The number of pyridine rings is 1. The normalized spacial score (nSPS) is 10.3. The van der Waals surface area contributed by atoms with Gasteiger partial charge in [-0.05, 0) is 41.8 Å². The number of aromatic nitrogens is 1. The largest absolute Gasteiger partial charge is 0.348 e. The lowest BCUT2D eigenvalue weighted by Crippen LogP contribution is -2.25. The van der Waals surface area contributed by atoms with Crippen molar-refractivity contribution in [2.45, 2.75) is 19.4 Å². The van der Waals surface area contributed by atoms with Crippen LogP contribution < -0.4 is 10.6 Å². The van der Waals surface area contributed by atoms with E-state index in [-0.39, 0.29) is 18.2 Å². The smallest absolute Gasteiger partial charge is 0.253 e. The van der Waals surface area contributed by atoms with Crippen LogP contribution in [0.4, 0.5) is 5.69 Å². The molecule has 0 aliphatic rings. The minimum absolute atomic E-state index is 0.174. The van der Waals surface area contributed by atoms with Crippen molar-refractivity contribution in [2.75, 3.05) is 5.32 Å². The highest BCUT2D eigenvalue weighted by Gasteiger charge is 2.13. The van der Waals surface area contributed by atoms with Crippen molar-refractivity contribution in [1.29, 1.82) is 0 Å². The number of rotatable bonds is 7. The minimum atomic E-state index is -0.258. The Morgan fingerprint density at radius 3 is 2.54 bits per heavy atom. The van der Waals surface area contributed by atoms with Crippen LogP contribution in [0, 0.1) is 0 Å². The van der Waals surface area contributed by atoms with Crippen LogP contribution in [-0.4, -0.2) is 16.8 Å². The van der Waals surface area contributed by atoms with Gasteiger partial charge in [0.2, 0.25) is 5.91 Å². The Kier molecular flexibility index (Phi) is 6.76. The number of benzene rings is 2. The Hall–Kier alpha value is -3.18. The zero-order valence-electron chi connectivity index (χ0n) is 15.2. The van der Waals surface area contributed by atoms with Crippen LogP contribution in [0.3, 0.4) is 0 Å². The predicted molar refractivity (Wildman–Crippen MR) is 110 cm³/mol. The van der Waals surface area contributed by atoms with E-state index < -0.39 is 0 Å². The van der Waals surface area contributed by atoms with Gasteiger partial charge in [-0.25, -0.2) is 0 Å². The SMILES string of the molecule is O=C(CCc1ccccc1Cl)Nc1ccccc1C(=O)NCc1cccnc1. The molecule has 0 saturated heterocycles. The fourth-order valence-electron chi connectivity index (χ4n) is 2.73. The molecule has 142 valence electrons. The van der Waals surface area contributed by atoms with Gasteiger partial charge in [-0.3, -0.25) is 14.6 Å². The number of hydrogen-bond acceptors (Lipinski definition) is 3. The highest BCUT2D eigenvalue weighted by atomic mass is 35.5. The first-order valence-electron chi connectivity index (χ1n) is 8.93. The van der Waals surface area contributed by atoms with Crippen molar-refractivity contribution in [3.05, 3.63) is 94.8 Å². The number of nitrogens with zero attached hydrogens (tertiary/aromatic N) is 1. The molecule has 3 rings (SSSR count). The number of hydrogen-bond donors (Lipinski definition) is 2. The summed E-state index contributed by atoms with van der Waals surface area (Å²) in [5, 5.41) is 6.31. The van der Waals surface area contributed by atoms with E-state index in [9.17, 15) is 9.59 Å². The van der Waals surface area contributed by atoms with Crippen molar-refractivity contribution in [3.8, 4) is 0 Å². The molecule has 0 aliphatic heterocycles. The van der Waals surface area contributed by atoms with E-state index in [1.54, 1.807) is 42.7 Å². The maximum atomic E-state index is 12.5. The highest BCUT2D eigenvalue weighted by Crippen LogP contribution is 2.18. The van der Waals surface area contributed by atoms with E-state index in [1.807, 2.05) is 30.3 Å². The molecule has 2 amide bonds. The van der Waals surface area contributed by atoms with Crippen molar-refractivity contribution < 1.29 is 9.59 Å². The summed E-state index contributed by atoms with van der Waals surface area (Å²) >= 11 is 6.13. The van der Waals surface area contributed by atoms with E-state index in [0.717, 1.165) is 11.1 Å². The molecule has 1 heterocycles. The predicted octanol–water partition coefficient (Wildman–Crippen LogP) is 4.24. The lowest BCUT2D eigenvalue weighted by molar-refractivity contribution is -0.116. The molecule has 3 aromatic rings. The second-order valence-electron chi connectivity index (χ2n) is 6.23. The van der Waals surface area contributed by atoms with Gasteiger partial charge in [-0.15, -0.1) is 0 Å². The van der Waals surface area contributed by atoms with Gasteiger partial charge >= 0.3 is 0 Å². The summed E-state index contributed by atoms with van der Waals surface area (Å²) in [5.41, 5.74) is 2.71. The van der Waals surface area contributed by atoms with Crippen LogP contribution in [-0.2, 0) is 17.8 Å². The lowest BCUT2D eigenvalue weighted by atomic mass is 10.1. The average molecular weight is 394 g/mol. The number of carbonyl (C=O) groups is 2.